The molecule has 1 aliphatic heterocycles. The predicted molar refractivity (Wildman–Crippen MR) is 96.4 cm³/mol. The highest BCUT2D eigenvalue weighted by Gasteiger charge is 2.47. The molecule has 1 N–H and O–H groups in total. The summed E-state index contributed by atoms with van der Waals surface area (Å²) in [5.41, 5.74) is 2.38. The first kappa shape index (κ1) is 18.3. The lowest BCUT2D eigenvalue weighted by Gasteiger charge is -2.50. The van der Waals surface area contributed by atoms with Crippen LogP contribution in [0.4, 0.5) is 5.69 Å². The molecule has 0 spiro atoms. The third-order valence-corrected chi connectivity index (χ3v) is 4.79. The van der Waals surface area contributed by atoms with Crippen molar-refractivity contribution in [1.29, 1.82) is 0 Å². The molecule has 0 bridgehead atoms. The van der Waals surface area contributed by atoms with Gasteiger partial charge in [0.05, 0.1) is 6.10 Å². The van der Waals surface area contributed by atoms with Crippen LogP contribution in [-0.4, -0.2) is 18.6 Å². The van der Waals surface area contributed by atoms with Crippen LogP contribution >= 0.6 is 0 Å². The maximum Gasteiger partial charge on any atom is 0.162 e. The second-order valence-electron chi connectivity index (χ2n) is 7.91. The normalized spacial score (nSPS) is 27.4. The summed E-state index contributed by atoms with van der Waals surface area (Å²) in [4.78, 5) is 0. The van der Waals surface area contributed by atoms with E-state index >= 15 is 0 Å². The van der Waals surface area contributed by atoms with E-state index in [2.05, 4.69) is 78.0 Å². The van der Waals surface area contributed by atoms with Crippen molar-refractivity contribution < 1.29 is 9.47 Å². The fraction of sp³-hybridized carbons (Fsp3) is 0.700. The molecule has 1 aromatic rings. The molecule has 3 heteroatoms. The maximum atomic E-state index is 6.31. The second kappa shape index (κ2) is 7.23. The Bertz CT molecular complexity index is 510. The summed E-state index contributed by atoms with van der Waals surface area (Å²) < 4.78 is 12.6. The van der Waals surface area contributed by atoms with Crippen LogP contribution in [0.2, 0.25) is 0 Å². The number of hydrogen-bond donors (Lipinski definition) is 1. The standard InChI is InChI=1S/C20H33NO2/c1-8-15-11-9-10-12-16(15)21-19-20(6,7)17(13(2)3)22-18(23-19)14(4)5/h9-14,17-19,21H,8H2,1-7H3/t17-,18-,19-/m1/s1. The van der Waals surface area contributed by atoms with Crippen LogP contribution in [0.3, 0.4) is 0 Å². The molecule has 23 heavy (non-hydrogen) atoms. The van der Waals surface area contributed by atoms with Crippen LogP contribution in [-0.2, 0) is 15.9 Å². The third-order valence-electron chi connectivity index (χ3n) is 4.79. The van der Waals surface area contributed by atoms with Crippen LogP contribution in [0.15, 0.2) is 24.3 Å². The molecule has 130 valence electrons. The van der Waals surface area contributed by atoms with Gasteiger partial charge in [0.2, 0.25) is 0 Å². The molecule has 3 atom stereocenters. The Morgan fingerprint density at radius 3 is 2.26 bits per heavy atom. The summed E-state index contributed by atoms with van der Waals surface area (Å²) in [6.07, 6.45) is 0.939. The molecule has 1 aromatic carbocycles. The lowest BCUT2D eigenvalue weighted by molar-refractivity contribution is -0.308. The van der Waals surface area contributed by atoms with Gasteiger partial charge in [-0.15, -0.1) is 0 Å². The predicted octanol–water partition coefficient (Wildman–Crippen LogP) is 5.07. The molecule has 0 aliphatic carbocycles. The van der Waals surface area contributed by atoms with E-state index in [9.17, 15) is 0 Å². The Balaban J connectivity index is 2.29. The number of hydrogen-bond acceptors (Lipinski definition) is 3. The smallest absolute Gasteiger partial charge is 0.162 e. The Morgan fingerprint density at radius 1 is 1.04 bits per heavy atom. The number of aryl methyl sites for hydroxylation is 1. The van der Waals surface area contributed by atoms with E-state index in [4.69, 9.17) is 9.47 Å². The first-order chi connectivity index (χ1) is 10.8. The number of ether oxygens (including phenoxy) is 2. The van der Waals surface area contributed by atoms with Gasteiger partial charge in [0.15, 0.2) is 6.29 Å². The summed E-state index contributed by atoms with van der Waals surface area (Å²) in [7, 11) is 0. The average molecular weight is 319 g/mol. The minimum atomic E-state index is -0.165. The van der Waals surface area contributed by atoms with Crippen LogP contribution in [0.1, 0.15) is 54.0 Å². The highest BCUT2D eigenvalue weighted by atomic mass is 16.7. The fourth-order valence-electron chi connectivity index (χ4n) is 3.47. The summed E-state index contributed by atoms with van der Waals surface area (Å²) in [6.45, 7) is 15.4. The molecule has 2 rings (SSSR count). The number of anilines is 1. The van der Waals surface area contributed by atoms with Crippen molar-refractivity contribution in [3.63, 3.8) is 0 Å². The number of para-hydroxylation sites is 1. The fourth-order valence-corrected chi connectivity index (χ4v) is 3.47. The number of benzene rings is 1. The first-order valence-electron chi connectivity index (χ1n) is 8.92. The van der Waals surface area contributed by atoms with Gasteiger partial charge in [0.1, 0.15) is 6.23 Å². The highest BCUT2D eigenvalue weighted by molar-refractivity contribution is 5.51. The van der Waals surface area contributed by atoms with Gasteiger partial charge in [-0.25, -0.2) is 0 Å². The van der Waals surface area contributed by atoms with Gasteiger partial charge in [-0.2, -0.15) is 0 Å². The van der Waals surface area contributed by atoms with Crippen molar-refractivity contribution >= 4 is 5.69 Å². The van der Waals surface area contributed by atoms with E-state index in [0.29, 0.717) is 11.8 Å². The molecule has 0 unspecified atom stereocenters. The molecule has 0 saturated carbocycles. The van der Waals surface area contributed by atoms with Gasteiger partial charge in [0, 0.05) is 17.0 Å². The zero-order valence-corrected chi connectivity index (χ0v) is 15.7. The Morgan fingerprint density at radius 2 is 1.70 bits per heavy atom. The van der Waals surface area contributed by atoms with Crippen LogP contribution in [0, 0.1) is 17.3 Å². The maximum absolute atomic E-state index is 6.31. The van der Waals surface area contributed by atoms with Gasteiger partial charge < -0.3 is 14.8 Å². The lowest BCUT2D eigenvalue weighted by Crippen LogP contribution is -2.57. The zero-order valence-electron chi connectivity index (χ0n) is 15.7. The Kier molecular flexibility index (Phi) is 5.74. The SMILES string of the molecule is CCc1ccccc1N[C@@H]1O[C@H](C(C)C)O[C@H](C(C)C)C1(C)C. The highest BCUT2D eigenvalue weighted by Crippen LogP contribution is 2.41. The number of rotatable bonds is 5. The molecule has 0 aromatic heterocycles. The average Bonchev–Trinajstić information content (AvgIpc) is 2.48. The van der Waals surface area contributed by atoms with E-state index in [0.717, 1.165) is 6.42 Å². The summed E-state index contributed by atoms with van der Waals surface area (Å²) in [6, 6.07) is 8.48. The van der Waals surface area contributed by atoms with Crippen molar-refractivity contribution in [2.24, 2.45) is 17.3 Å². The largest absolute Gasteiger partial charge is 0.359 e. The molecular weight excluding hydrogens is 286 g/mol. The zero-order chi connectivity index (χ0) is 17.2. The summed E-state index contributed by atoms with van der Waals surface area (Å²) in [5, 5.41) is 3.66. The second-order valence-corrected chi connectivity index (χ2v) is 7.91. The molecule has 3 nitrogen and oxygen atoms in total. The van der Waals surface area contributed by atoms with E-state index in [1.165, 1.54) is 11.3 Å². The minimum Gasteiger partial charge on any atom is -0.359 e. The van der Waals surface area contributed by atoms with Crippen molar-refractivity contribution in [3.05, 3.63) is 29.8 Å². The topological polar surface area (TPSA) is 30.5 Å². The van der Waals surface area contributed by atoms with Crippen molar-refractivity contribution in [2.45, 2.75) is 73.5 Å². The van der Waals surface area contributed by atoms with Crippen LogP contribution in [0.25, 0.3) is 0 Å². The third kappa shape index (κ3) is 3.89. The van der Waals surface area contributed by atoms with Gasteiger partial charge in [0.25, 0.3) is 0 Å². The monoisotopic (exact) mass is 319 g/mol. The Hall–Kier alpha value is -1.06. The molecule has 0 amide bonds. The molecule has 1 saturated heterocycles. The van der Waals surface area contributed by atoms with Crippen LogP contribution < -0.4 is 5.32 Å². The van der Waals surface area contributed by atoms with E-state index < -0.39 is 0 Å². The van der Waals surface area contributed by atoms with Gasteiger partial charge >= 0.3 is 0 Å². The van der Waals surface area contributed by atoms with Gasteiger partial charge in [-0.05, 0) is 24.0 Å². The molecule has 0 radical (unpaired) electrons. The van der Waals surface area contributed by atoms with E-state index in [1.54, 1.807) is 0 Å². The summed E-state index contributed by atoms with van der Waals surface area (Å²) in [5.74, 6) is 0.777. The van der Waals surface area contributed by atoms with Gasteiger partial charge in [-0.3, -0.25) is 0 Å². The molecular formula is C20H33NO2. The molecule has 1 aliphatic rings. The van der Waals surface area contributed by atoms with E-state index in [1.807, 2.05) is 0 Å². The van der Waals surface area contributed by atoms with Crippen molar-refractivity contribution in [1.82, 2.24) is 0 Å². The summed E-state index contributed by atoms with van der Waals surface area (Å²) >= 11 is 0. The quantitative estimate of drug-likeness (QED) is 0.822. The molecule has 1 fully saturated rings. The van der Waals surface area contributed by atoms with E-state index in [-0.39, 0.29) is 24.0 Å². The Labute approximate surface area is 141 Å². The number of nitrogens with one attached hydrogen (secondary N) is 1. The lowest BCUT2D eigenvalue weighted by atomic mass is 9.77. The molecule has 1 heterocycles. The van der Waals surface area contributed by atoms with Crippen molar-refractivity contribution in [3.8, 4) is 0 Å². The van der Waals surface area contributed by atoms with Crippen LogP contribution in [0.5, 0.6) is 0 Å². The van der Waals surface area contributed by atoms with Gasteiger partial charge in [-0.1, -0.05) is 66.7 Å². The minimum absolute atomic E-state index is 0.0660. The van der Waals surface area contributed by atoms with Crippen molar-refractivity contribution in [2.75, 3.05) is 5.32 Å². The first-order valence-corrected chi connectivity index (χ1v) is 8.92.